The van der Waals surface area contributed by atoms with Crippen LogP contribution in [0.15, 0.2) is 79.1 Å². The Kier molecular flexibility index (Phi) is 4.46. The Morgan fingerprint density at radius 1 is 0.931 bits per heavy atom. The lowest BCUT2D eigenvalue weighted by Crippen LogP contribution is -2.01. The van der Waals surface area contributed by atoms with Crippen molar-refractivity contribution in [3.8, 4) is 17.5 Å². The Bertz CT molecular complexity index is 1210. The third kappa shape index (κ3) is 3.58. The van der Waals surface area contributed by atoms with E-state index < -0.39 is 0 Å². The second-order valence-corrected chi connectivity index (χ2v) is 7.47. The van der Waals surface area contributed by atoms with Gasteiger partial charge in [0.1, 0.15) is 0 Å². The summed E-state index contributed by atoms with van der Waals surface area (Å²) in [5.41, 5.74) is 7.84. The lowest BCUT2D eigenvalue weighted by atomic mass is 9.97. The SMILES string of the molecule is Cc1ccc(C#Cc2cccc(-n3cc4c(n3)C(c3ccccc3)CC4)c2)cn1. The highest BCUT2D eigenvalue weighted by molar-refractivity contribution is 5.48. The van der Waals surface area contributed by atoms with E-state index in [1.807, 2.05) is 42.1 Å². The molecule has 0 aliphatic heterocycles. The van der Waals surface area contributed by atoms with Crippen molar-refractivity contribution in [1.82, 2.24) is 14.8 Å². The first-order valence-electron chi connectivity index (χ1n) is 9.95. The number of fused-ring (bicyclic) bond motifs is 1. The lowest BCUT2D eigenvalue weighted by Gasteiger charge is -2.10. The van der Waals surface area contributed by atoms with Crippen LogP contribution in [-0.2, 0) is 6.42 Å². The molecule has 2 heterocycles. The topological polar surface area (TPSA) is 30.7 Å². The fourth-order valence-electron chi connectivity index (χ4n) is 3.90. The van der Waals surface area contributed by atoms with Crippen LogP contribution >= 0.6 is 0 Å². The molecule has 140 valence electrons. The van der Waals surface area contributed by atoms with Crippen molar-refractivity contribution in [2.45, 2.75) is 25.7 Å². The predicted octanol–water partition coefficient (Wildman–Crippen LogP) is 5.05. The van der Waals surface area contributed by atoms with Gasteiger partial charge in [0.15, 0.2) is 0 Å². The van der Waals surface area contributed by atoms with Gasteiger partial charge in [0.2, 0.25) is 0 Å². The molecule has 1 unspecified atom stereocenters. The molecule has 4 aromatic rings. The van der Waals surface area contributed by atoms with E-state index in [1.165, 1.54) is 16.8 Å². The summed E-state index contributed by atoms with van der Waals surface area (Å²) in [4.78, 5) is 4.30. The average Bonchev–Trinajstić information content (AvgIpc) is 3.35. The molecular formula is C26H21N3. The highest BCUT2D eigenvalue weighted by Crippen LogP contribution is 2.37. The van der Waals surface area contributed by atoms with Crippen LogP contribution in [0.3, 0.4) is 0 Å². The molecule has 3 heteroatoms. The fourth-order valence-corrected chi connectivity index (χ4v) is 3.90. The Hall–Kier alpha value is -3.64. The molecule has 0 N–H and O–H groups in total. The number of aromatic nitrogens is 3. The largest absolute Gasteiger partial charge is 0.260 e. The summed E-state index contributed by atoms with van der Waals surface area (Å²) in [5, 5.41) is 4.95. The van der Waals surface area contributed by atoms with Crippen LogP contribution in [0, 0.1) is 18.8 Å². The number of nitrogens with zero attached hydrogens (tertiary/aromatic N) is 3. The van der Waals surface area contributed by atoms with E-state index in [2.05, 4.69) is 65.5 Å². The van der Waals surface area contributed by atoms with E-state index in [4.69, 9.17) is 5.10 Å². The third-order valence-corrected chi connectivity index (χ3v) is 5.43. The van der Waals surface area contributed by atoms with E-state index in [9.17, 15) is 0 Å². The van der Waals surface area contributed by atoms with Crippen molar-refractivity contribution in [3.05, 3.63) is 113 Å². The lowest BCUT2D eigenvalue weighted by molar-refractivity contribution is 0.726. The molecule has 1 aliphatic rings. The molecule has 0 saturated carbocycles. The van der Waals surface area contributed by atoms with Gasteiger partial charge in [-0.3, -0.25) is 4.98 Å². The van der Waals surface area contributed by atoms with Gasteiger partial charge in [0.05, 0.1) is 11.4 Å². The monoisotopic (exact) mass is 375 g/mol. The summed E-state index contributed by atoms with van der Waals surface area (Å²) in [7, 11) is 0. The standard InChI is InChI=1S/C26H21N3/c1-19-10-11-21(17-27-19)13-12-20-6-5-9-24(16-20)29-18-23-14-15-25(26(23)28-29)22-7-3-2-4-8-22/h2-11,16-18,25H,14-15H2,1H3. The maximum atomic E-state index is 4.95. The number of pyridine rings is 1. The molecule has 0 saturated heterocycles. The number of benzene rings is 2. The maximum absolute atomic E-state index is 4.95. The van der Waals surface area contributed by atoms with Gasteiger partial charge in [-0.05, 0) is 61.2 Å². The highest BCUT2D eigenvalue weighted by atomic mass is 15.3. The van der Waals surface area contributed by atoms with Crippen molar-refractivity contribution in [3.63, 3.8) is 0 Å². The molecule has 1 atom stereocenters. The molecule has 0 radical (unpaired) electrons. The van der Waals surface area contributed by atoms with Crippen molar-refractivity contribution >= 4 is 0 Å². The van der Waals surface area contributed by atoms with E-state index in [1.54, 1.807) is 0 Å². The average molecular weight is 375 g/mol. The fraction of sp³-hybridized carbons (Fsp3) is 0.154. The van der Waals surface area contributed by atoms with Crippen LogP contribution < -0.4 is 0 Å². The normalized spacial score (nSPS) is 14.9. The van der Waals surface area contributed by atoms with E-state index in [-0.39, 0.29) is 0 Å². The third-order valence-electron chi connectivity index (χ3n) is 5.43. The Morgan fingerprint density at radius 3 is 2.62 bits per heavy atom. The number of hydrogen-bond acceptors (Lipinski definition) is 2. The zero-order valence-electron chi connectivity index (χ0n) is 16.3. The molecule has 2 aromatic heterocycles. The molecular weight excluding hydrogens is 354 g/mol. The molecule has 0 spiro atoms. The van der Waals surface area contributed by atoms with E-state index in [0.717, 1.165) is 35.3 Å². The van der Waals surface area contributed by atoms with E-state index >= 15 is 0 Å². The first-order chi connectivity index (χ1) is 14.3. The second-order valence-electron chi connectivity index (χ2n) is 7.47. The molecule has 1 aliphatic carbocycles. The molecule has 3 nitrogen and oxygen atoms in total. The number of hydrogen-bond donors (Lipinski definition) is 0. The van der Waals surface area contributed by atoms with Crippen molar-refractivity contribution in [2.24, 2.45) is 0 Å². The predicted molar refractivity (Wildman–Crippen MR) is 115 cm³/mol. The molecule has 5 rings (SSSR count). The van der Waals surface area contributed by atoms with Gasteiger partial charge in [0, 0.05) is 35.1 Å². The zero-order valence-corrected chi connectivity index (χ0v) is 16.3. The van der Waals surface area contributed by atoms with Crippen LogP contribution in [0.2, 0.25) is 0 Å². The molecule has 29 heavy (non-hydrogen) atoms. The molecule has 0 bridgehead atoms. The van der Waals surface area contributed by atoms with Crippen molar-refractivity contribution in [1.29, 1.82) is 0 Å². The summed E-state index contributed by atoms with van der Waals surface area (Å²) < 4.78 is 2.00. The Morgan fingerprint density at radius 2 is 1.79 bits per heavy atom. The minimum atomic E-state index is 0.393. The van der Waals surface area contributed by atoms with Crippen LogP contribution in [0.4, 0.5) is 0 Å². The summed E-state index contributed by atoms with van der Waals surface area (Å²) in [5.74, 6) is 6.83. The highest BCUT2D eigenvalue weighted by Gasteiger charge is 2.27. The van der Waals surface area contributed by atoms with Gasteiger partial charge in [-0.1, -0.05) is 48.2 Å². The number of aryl methyl sites for hydroxylation is 2. The first kappa shape index (κ1) is 17.5. The smallest absolute Gasteiger partial charge is 0.0735 e. The van der Waals surface area contributed by atoms with Gasteiger partial charge in [-0.15, -0.1) is 0 Å². The first-order valence-corrected chi connectivity index (χ1v) is 9.95. The summed E-state index contributed by atoms with van der Waals surface area (Å²) in [6.07, 6.45) is 6.20. The van der Waals surface area contributed by atoms with Crippen LogP contribution in [0.1, 0.15) is 46.0 Å². The van der Waals surface area contributed by atoms with Gasteiger partial charge in [0.25, 0.3) is 0 Å². The van der Waals surface area contributed by atoms with Gasteiger partial charge < -0.3 is 0 Å². The summed E-state index contributed by atoms with van der Waals surface area (Å²) in [6.45, 7) is 1.98. The Balaban J connectivity index is 1.43. The molecule has 0 amide bonds. The Labute approximate surface area is 171 Å². The zero-order chi connectivity index (χ0) is 19.6. The van der Waals surface area contributed by atoms with Crippen LogP contribution in [-0.4, -0.2) is 14.8 Å². The molecule has 0 fully saturated rings. The maximum Gasteiger partial charge on any atom is 0.0735 e. The van der Waals surface area contributed by atoms with Gasteiger partial charge in [-0.25, -0.2) is 4.68 Å². The summed E-state index contributed by atoms with van der Waals surface area (Å²) in [6, 6.07) is 22.9. The number of rotatable bonds is 2. The molecule has 2 aromatic carbocycles. The minimum Gasteiger partial charge on any atom is -0.260 e. The van der Waals surface area contributed by atoms with Crippen molar-refractivity contribution < 1.29 is 0 Å². The second kappa shape index (κ2) is 7.41. The van der Waals surface area contributed by atoms with Crippen LogP contribution in [0.5, 0.6) is 0 Å². The quantitative estimate of drug-likeness (QED) is 0.459. The minimum absolute atomic E-state index is 0.393. The summed E-state index contributed by atoms with van der Waals surface area (Å²) >= 11 is 0. The van der Waals surface area contributed by atoms with E-state index in [0.29, 0.717) is 5.92 Å². The van der Waals surface area contributed by atoms with Crippen LogP contribution in [0.25, 0.3) is 5.69 Å². The van der Waals surface area contributed by atoms with Gasteiger partial charge >= 0.3 is 0 Å². The van der Waals surface area contributed by atoms with Crippen molar-refractivity contribution in [2.75, 3.05) is 0 Å². The van der Waals surface area contributed by atoms with Gasteiger partial charge in [-0.2, -0.15) is 5.10 Å².